The number of nitrogens with one attached hydrogen (secondary N) is 1. The second-order valence-corrected chi connectivity index (χ2v) is 2.57. The quantitative estimate of drug-likeness (QED) is 0.394. The van der Waals surface area contributed by atoms with Crippen LogP contribution in [0.4, 0.5) is 0 Å². The molecule has 4 nitrogen and oxygen atoms in total. The fourth-order valence-electron chi connectivity index (χ4n) is 1.22. The number of allylic oxidation sites excluding steroid dienone is 1. The van der Waals surface area contributed by atoms with Crippen LogP contribution in [0.25, 0.3) is 0 Å². The number of nitro groups is 1. The Kier molecular flexibility index (Phi) is 2.01. The molecule has 0 aliphatic carbocycles. The van der Waals surface area contributed by atoms with Crippen molar-refractivity contribution < 1.29 is 9.82 Å². The Morgan fingerprint density at radius 2 is 2.50 bits per heavy atom. The number of hydrogen-bond donors (Lipinski definition) is 1. The van der Waals surface area contributed by atoms with Gasteiger partial charge in [-0.05, 0) is 0 Å². The van der Waals surface area contributed by atoms with Crippen LogP contribution >= 0.6 is 0 Å². The molecule has 0 bridgehead atoms. The van der Waals surface area contributed by atoms with Gasteiger partial charge < -0.3 is 4.90 Å². The van der Waals surface area contributed by atoms with E-state index in [0.717, 1.165) is 31.3 Å². The third-order valence-electron chi connectivity index (χ3n) is 1.81. The lowest BCUT2D eigenvalue weighted by atomic mass is 10.3. The lowest BCUT2D eigenvalue weighted by Crippen LogP contribution is -3.04. The van der Waals surface area contributed by atoms with Gasteiger partial charge in [0.1, 0.15) is 0 Å². The predicted molar refractivity (Wildman–Crippen MR) is 36.1 cm³/mol. The molecule has 0 amide bonds. The van der Waals surface area contributed by atoms with Gasteiger partial charge in [-0.1, -0.05) is 0 Å². The zero-order valence-electron chi connectivity index (χ0n) is 5.96. The first kappa shape index (κ1) is 7.21. The molecule has 56 valence electrons. The van der Waals surface area contributed by atoms with Gasteiger partial charge in [0.25, 0.3) is 6.20 Å². The summed E-state index contributed by atoms with van der Waals surface area (Å²) in [5, 5.41) is 10.0. The summed E-state index contributed by atoms with van der Waals surface area (Å²) in [5.41, 5.74) is 0.921. The molecule has 1 fully saturated rings. The molecule has 1 heterocycles. The molecule has 1 rings (SSSR count). The maximum Gasteiger partial charge on any atom is 0.290 e. The van der Waals surface area contributed by atoms with Crippen molar-refractivity contribution in [2.45, 2.75) is 12.8 Å². The molecule has 1 aliphatic heterocycles. The number of quaternary nitrogens is 1. The van der Waals surface area contributed by atoms with Crippen molar-refractivity contribution in [3.8, 4) is 0 Å². The van der Waals surface area contributed by atoms with E-state index in [1.165, 1.54) is 4.90 Å². The minimum absolute atomic E-state index is 0.371. The highest BCUT2D eigenvalue weighted by Gasteiger charge is 2.20. The summed E-state index contributed by atoms with van der Waals surface area (Å²) in [5.74, 6) is 0. The first-order valence-corrected chi connectivity index (χ1v) is 3.37. The average molecular weight is 143 g/mol. The maximum atomic E-state index is 10.0. The minimum atomic E-state index is -0.371. The van der Waals surface area contributed by atoms with Crippen LogP contribution in [0.15, 0.2) is 11.9 Å². The van der Waals surface area contributed by atoms with E-state index >= 15 is 0 Å². The van der Waals surface area contributed by atoms with E-state index < -0.39 is 0 Å². The van der Waals surface area contributed by atoms with Gasteiger partial charge in [0.2, 0.25) is 0 Å². The highest BCUT2D eigenvalue weighted by molar-refractivity contribution is 4.87. The van der Waals surface area contributed by atoms with E-state index in [-0.39, 0.29) is 4.92 Å². The Labute approximate surface area is 59.3 Å². The molecular weight excluding hydrogens is 132 g/mol. The van der Waals surface area contributed by atoms with Gasteiger partial charge in [-0.15, -0.1) is 0 Å². The largest absolute Gasteiger partial charge is 0.303 e. The van der Waals surface area contributed by atoms with E-state index in [1.54, 1.807) is 0 Å². The molecule has 1 atom stereocenters. The Morgan fingerprint density at radius 3 is 2.90 bits per heavy atom. The normalized spacial score (nSPS) is 29.3. The smallest absolute Gasteiger partial charge is 0.290 e. The minimum Gasteiger partial charge on any atom is -0.303 e. The van der Waals surface area contributed by atoms with Crippen molar-refractivity contribution in [1.82, 2.24) is 0 Å². The van der Waals surface area contributed by atoms with Crippen LogP contribution in [0.5, 0.6) is 0 Å². The van der Waals surface area contributed by atoms with Crippen molar-refractivity contribution in [2.24, 2.45) is 0 Å². The van der Waals surface area contributed by atoms with E-state index in [4.69, 9.17) is 0 Å². The van der Waals surface area contributed by atoms with Crippen LogP contribution in [0, 0.1) is 10.1 Å². The molecule has 4 heteroatoms. The standard InChI is InChI=1S/C6H10N2O2/c1-7-4-2-3-6(7)5-8(9)10/h5H,2-4H2,1H3/p+1. The molecule has 0 aromatic rings. The highest BCUT2D eigenvalue weighted by atomic mass is 16.6. The first-order chi connectivity index (χ1) is 4.70. The molecule has 0 radical (unpaired) electrons. The number of likely N-dealkylation sites (tertiary alicyclic amines) is 1. The van der Waals surface area contributed by atoms with Crippen LogP contribution in [0.2, 0.25) is 0 Å². The summed E-state index contributed by atoms with van der Waals surface area (Å²) >= 11 is 0. The van der Waals surface area contributed by atoms with Crippen LogP contribution in [-0.4, -0.2) is 18.5 Å². The average Bonchev–Trinajstić information content (AvgIpc) is 2.15. The second kappa shape index (κ2) is 2.79. The molecule has 0 aromatic carbocycles. The van der Waals surface area contributed by atoms with Crippen molar-refractivity contribution in [1.29, 1.82) is 0 Å². The molecule has 0 spiro atoms. The number of hydrogen-bond acceptors (Lipinski definition) is 2. The molecule has 0 saturated carbocycles. The first-order valence-electron chi connectivity index (χ1n) is 3.37. The van der Waals surface area contributed by atoms with Gasteiger partial charge in [-0.3, -0.25) is 10.1 Å². The Hall–Kier alpha value is -0.900. The molecule has 1 unspecified atom stereocenters. The molecular formula is C6H11N2O2+. The van der Waals surface area contributed by atoms with Gasteiger partial charge in [0.05, 0.1) is 18.5 Å². The second-order valence-electron chi connectivity index (χ2n) is 2.57. The fourth-order valence-corrected chi connectivity index (χ4v) is 1.22. The maximum absolute atomic E-state index is 10.0. The predicted octanol–water partition coefficient (Wildman–Crippen LogP) is -0.587. The SMILES string of the molecule is C[NH+]1CCCC1=C[N+](=O)[O-]. The van der Waals surface area contributed by atoms with Crippen molar-refractivity contribution in [3.63, 3.8) is 0 Å². The zero-order valence-corrected chi connectivity index (χ0v) is 5.96. The zero-order chi connectivity index (χ0) is 7.56. The van der Waals surface area contributed by atoms with Crippen molar-refractivity contribution >= 4 is 0 Å². The van der Waals surface area contributed by atoms with Crippen LogP contribution in [0.3, 0.4) is 0 Å². The summed E-state index contributed by atoms with van der Waals surface area (Å²) in [6.07, 6.45) is 3.08. The Morgan fingerprint density at radius 1 is 1.80 bits per heavy atom. The van der Waals surface area contributed by atoms with Crippen LogP contribution < -0.4 is 4.90 Å². The van der Waals surface area contributed by atoms with Gasteiger partial charge in [0.15, 0.2) is 5.70 Å². The molecule has 10 heavy (non-hydrogen) atoms. The van der Waals surface area contributed by atoms with Crippen molar-refractivity contribution in [2.75, 3.05) is 13.6 Å². The number of nitrogens with zero attached hydrogens (tertiary/aromatic N) is 1. The lowest BCUT2D eigenvalue weighted by Gasteiger charge is -2.01. The lowest BCUT2D eigenvalue weighted by molar-refractivity contribution is -0.830. The molecule has 1 N–H and O–H groups in total. The Balaban J connectivity index is 2.62. The van der Waals surface area contributed by atoms with Crippen molar-refractivity contribution in [3.05, 3.63) is 22.0 Å². The summed E-state index contributed by atoms with van der Waals surface area (Å²) in [7, 11) is 1.96. The van der Waals surface area contributed by atoms with Gasteiger partial charge in [-0.2, -0.15) is 0 Å². The highest BCUT2D eigenvalue weighted by Crippen LogP contribution is 2.01. The monoisotopic (exact) mass is 143 g/mol. The third-order valence-corrected chi connectivity index (χ3v) is 1.81. The third kappa shape index (κ3) is 1.54. The molecule has 0 aromatic heterocycles. The Bertz CT molecular complexity index is 177. The summed E-state index contributed by atoms with van der Waals surface area (Å²) < 4.78 is 0. The summed E-state index contributed by atoms with van der Waals surface area (Å²) in [6, 6.07) is 0. The topological polar surface area (TPSA) is 47.6 Å². The van der Waals surface area contributed by atoms with Crippen LogP contribution in [0.1, 0.15) is 12.8 Å². The molecule has 1 aliphatic rings. The van der Waals surface area contributed by atoms with E-state index in [9.17, 15) is 10.1 Å². The molecule has 1 saturated heterocycles. The fraction of sp³-hybridized carbons (Fsp3) is 0.667. The van der Waals surface area contributed by atoms with Gasteiger partial charge in [-0.25, -0.2) is 0 Å². The van der Waals surface area contributed by atoms with Gasteiger partial charge in [0, 0.05) is 12.8 Å². The summed E-state index contributed by atoms with van der Waals surface area (Å²) in [6.45, 7) is 1.03. The van der Waals surface area contributed by atoms with Gasteiger partial charge >= 0.3 is 0 Å². The van der Waals surface area contributed by atoms with E-state index in [0.29, 0.717) is 0 Å². The summed E-state index contributed by atoms with van der Waals surface area (Å²) in [4.78, 5) is 10.8. The number of rotatable bonds is 1. The van der Waals surface area contributed by atoms with Crippen LogP contribution in [-0.2, 0) is 0 Å². The van der Waals surface area contributed by atoms with E-state index in [1.807, 2.05) is 7.05 Å². The van der Waals surface area contributed by atoms with E-state index in [2.05, 4.69) is 0 Å².